The molecule has 2 unspecified atom stereocenters. The van der Waals surface area contributed by atoms with E-state index in [0.29, 0.717) is 18.1 Å². The molecule has 0 aliphatic heterocycles. The van der Waals surface area contributed by atoms with E-state index in [1.807, 2.05) is 37.3 Å². The maximum absolute atomic E-state index is 11.6. The minimum atomic E-state index is -0.698. The van der Waals surface area contributed by atoms with Gasteiger partial charge >= 0.3 is 5.97 Å². The predicted octanol–water partition coefficient (Wildman–Crippen LogP) is 6.53. The van der Waals surface area contributed by atoms with Gasteiger partial charge in [-0.2, -0.15) is 0 Å². The molecule has 2 aromatic carbocycles. The molecule has 1 heterocycles. The summed E-state index contributed by atoms with van der Waals surface area (Å²) in [5.74, 6) is -0.0642. The van der Waals surface area contributed by atoms with Gasteiger partial charge in [0, 0.05) is 21.9 Å². The van der Waals surface area contributed by atoms with Crippen molar-refractivity contribution in [3.63, 3.8) is 0 Å². The Morgan fingerprint density at radius 1 is 1.32 bits per heavy atom. The van der Waals surface area contributed by atoms with Crippen molar-refractivity contribution in [2.75, 3.05) is 6.61 Å². The second kappa shape index (κ2) is 9.41. The predicted molar refractivity (Wildman–Crippen MR) is 125 cm³/mol. The SMILES string of the molecule is CCC(C(=O)O)C1CCc2cc(OCCc3nc(-c4cccc(Cl)c4)sc3C)ccc21. The van der Waals surface area contributed by atoms with Crippen LogP contribution in [0, 0.1) is 12.8 Å². The van der Waals surface area contributed by atoms with E-state index in [1.165, 1.54) is 16.0 Å². The van der Waals surface area contributed by atoms with Gasteiger partial charge in [0.15, 0.2) is 0 Å². The van der Waals surface area contributed by atoms with Gasteiger partial charge in [0.1, 0.15) is 10.8 Å². The molecule has 0 saturated heterocycles. The molecule has 2 atom stereocenters. The fourth-order valence-corrected chi connectivity index (χ4v) is 5.58. The highest BCUT2D eigenvalue weighted by Crippen LogP contribution is 2.41. The summed E-state index contributed by atoms with van der Waals surface area (Å²) in [6.45, 7) is 4.59. The van der Waals surface area contributed by atoms with Gasteiger partial charge in [-0.3, -0.25) is 4.79 Å². The van der Waals surface area contributed by atoms with Crippen LogP contribution < -0.4 is 4.74 Å². The maximum Gasteiger partial charge on any atom is 0.307 e. The molecule has 0 fully saturated rings. The van der Waals surface area contributed by atoms with E-state index >= 15 is 0 Å². The molecule has 0 bridgehead atoms. The zero-order chi connectivity index (χ0) is 22.0. The Hall–Kier alpha value is -2.37. The van der Waals surface area contributed by atoms with Gasteiger partial charge in [-0.05, 0) is 67.5 Å². The number of benzene rings is 2. The first-order valence-corrected chi connectivity index (χ1v) is 11.9. The molecule has 0 amide bonds. The van der Waals surface area contributed by atoms with Crippen LogP contribution in [0.3, 0.4) is 0 Å². The lowest BCUT2D eigenvalue weighted by molar-refractivity contribution is -0.142. The van der Waals surface area contributed by atoms with Crippen molar-refractivity contribution in [2.45, 2.75) is 45.4 Å². The molecule has 1 aromatic heterocycles. The van der Waals surface area contributed by atoms with Crippen LogP contribution in [0.4, 0.5) is 0 Å². The second-order valence-electron chi connectivity index (χ2n) is 7.99. The molecular formula is C25H26ClNO3S. The molecule has 0 saturated carbocycles. The topological polar surface area (TPSA) is 59.4 Å². The highest BCUT2D eigenvalue weighted by Gasteiger charge is 2.33. The van der Waals surface area contributed by atoms with Crippen LogP contribution in [0.1, 0.15) is 47.4 Å². The quantitative estimate of drug-likeness (QED) is 0.419. The number of halogens is 1. The Bertz CT molecular complexity index is 1090. The highest BCUT2D eigenvalue weighted by molar-refractivity contribution is 7.15. The maximum atomic E-state index is 11.6. The van der Waals surface area contributed by atoms with Crippen LogP contribution in [0.5, 0.6) is 5.75 Å². The number of carboxylic acids is 1. The van der Waals surface area contributed by atoms with E-state index in [2.05, 4.69) is 19.1 Å². The number of rotatable bonds is 8. The lowest BCUT2D eigenvalue weighted by Crippen LogP contribution is -2.19. The first kappa shape index (κ1) is 21.8. The Morgan fingerprint density at radius 3 is 2.90 bits per heavy atom. The van der Waals surface area contributed by atoms with Gasteiger partial charge in [0.2, 0.25) is 0 Å². The van der Waals surface area contributed by atoms with Crippen molar-refractivity contribution >= 4 is 28.9 Å². The minimum Gasteiger partial charge on any atom is -0.493 e. The van der Waals surface area contributed by atoms with Crippen LogP contribution >= 0.6 is 22.9 Å². The largest absolute Gasteiger partial charge is 0.493 e. The van der Waals surface area contributed by atoms with Crippen molar-refractivity contribution in [1.82, 2.24) is 4.98 Å². The summed E-state index contributed by atoms with van der Waals surface area (Å²) in [6, 6.07) is 13.9. The van der Waals surface area contributed by atoms with Crippen molar-refractivity contribution in [1.29, 1.82) is 0 Å². The van der Waals surface area contributed by atoms with Crippen molar-refractivity contribution in [3.05, 3.63) is 69.2 Å². The van der Waals surface area contributed by atoms with Crippen molar-refractivity contribution in [2.24, 2.45) is 5.92 Å². The van der Waals surface area contributed by atoms with Crippen LogP contribution in [0.15, 0.2) is 42.5 Å². The third-order valence-electron chi connectivity index (χ3n) is 6.05. The number of aromatic nitrogens is 1. The van der Waals surface area contributed by atoms with Gasteiger partial charge in [-0.1, -0.05) is 36.7 Å². The van der Waals surface area contributed by atoms with E-state index in [4.69, 9.17) is 21.3 Å². The molecule has 0 radical (unpaired) electrons. The number of thiazole rings is 1. The molecule has 1 aliphatic carbocycles. The summed E-state index contributed by atoms with van der Waals surface area (Å²) in [5.41, 5.74) is 4.47. The van der Waals surface area contributed by atoms with Gasteiger partial charge < -0.3 is 9.84 Å². The number of carbonyl (C=O) groups is 1. The fraction of sp³-hybridized carbons (Fsp3) is 0.360. The van der Waals surface area contributed by atoms with Crippen LogP contribution in [0.25, 0.3) is 10.6 Å². The van der Waals surface area contributed by atoms with Crippen molar-refractivity contribution in [3.8, 4) is 16.3 Å². The third kappa shape index (κ3) is 4.78. The smallest absolute Gasteiger partial charge is 0.307 e. The molecule has 4 rings (SSSR count). The van der Waals surface area contributed by atoms with E-state index in [9.17, 15) is 9.90 Å². The van der Waals surface area contributed by atoms with Gasteiger partial charge in [-0.15, -0.1) is 11.3 Å². The third-order valence-corrected chi connectivity index (χ3v) is 7.35. The number of hydrogen-bond acceptors (Lipinski definition) is 4. The number of hydrogen-bond donors (Lipinski definition) is 1. The van der Waals surface area contributed by atoms with E-state index in [1.54, 1.807) is 11.3 Å². The zero-order valence-electron chi connectivity index (χ0n) is 17.7. The Balaban J connectivity index is 1.39. The summed E-state index contributed by atoms with van der Waals surface area (Å²) in [7, 11) is 0. The summed E-state index contributed by atoms with van der Waals surface area (Å²) in [5, 5.41) is 11.2. The normalized spacial score (nSPS) is 16.2. The van der Waals surface area contributed by atoms with Gasteiger partial charge in [-0.25, -0.2) is 4.98 Å². The fourth-order valence-electron chi connectivity index (χ4n) is 4.44. The van der Waals surface area contributed by atoms with Gasteiger partial charge in [0.05, 0.1) is 18.2 Å². The molecule has 0 spiro atoms. The number of carboxylic acid groups (broad SMARTS) is 1. The van der Waals surface area contributed by atoms with Crippen LogP contribution in [0.2, 0.25) is 5.02 Å². The molecule has 31 heavy (non-hydrogen) atoms. The number of ether oxygens (including phenoxy) is 1. The summed E-state index contributed by atoms with van der Waals surface area (Å²) < 4.78 is 6.02. The minimum absolute atomic E-state index is 0.106. The number of nitrogens with zero attached hydrogens (tertiary/aromatic N) is 1. The average Bonchev–Trinajstić information content (AvgIpc) is 3.32. The molecule has 6 heteroatoms. The lowest BCUT2D eigenvalue weighted by Gasteiger charge is -2.19. The molecule has 162 valence electrons. The van der Waals surface area contributed by atoms with Crippen LogP contribution in [-0.4, -0.2) is 22.7 Å². The standard InChI is InChI=1S/C25H26ClNO3S/c1-3-20(25(28)29)22-9-7-16-14-19(8-10-21(16)22)30-12-11-23-15(2)31-24(27-23)17-5-4-6-18(26)13-17/h4-6,8,10,13-14,20,22H,3,7,9,11-12H2,1-2H3,(H,28,29). The van der Waals surface area contributed by atoms with E-state index < -0.39 is 5.97 Å². The number of aliphatic carboxylic acids is 1. The van der Waals surface area contributed by atoms with Gasteiger partial charge in [0.25, 0.3) is 0 Å². The molecule has 1 N–H and O–H groups in total. The Kier molecular flexibility index (Phi) is 6.63. The molecular weight excluding hydrogens is 430 g/mol. The molecule has 3 aromatic rings. The van der Waals surface area contributed by atoms with Crippen molar-refractivity contribution < 1.29 is 14.6 Å². The highest BCUT2D eigenvalue weighted by atomic mass is 35.5. The van der Waals surface area contributed by atoms with E-state index in [-0.39, 0.29) is 11.8 Å². The lowest BCUT2D eigenvalue weighted by atomic mass is 9.85. The Morgan fingerprint density at radius 2 is 2.16 bits per heavy atom. The number of aryl methyl sites for hydroxylation is 2. The molecule has 4 nitrogen and oxygen atoms in total. The second-order valence-corrected chi connectivity index (χ2v) is 9.63. The molecule has 1 aliphatic rings. The van der Waals surface area contributed by atoms with E-state index in [0.717, 1.165) is 41.3 Å². The monoisotopic (exact) mass is 455 g/mol. The Labute approximate surface area is 191 Å². The summed E-state index contributed by atoms with van der Waals surface area (Å²) in [4.78, 5) is 17.5. The summed E-state index contributed by atoms with van der Waals surface area (Å²) in [6.07, 6.45) is 3.20. The first-order chi connectivity index (χ1) is 15.0. The van der Waals surface area contributed by atoms with Crippen LogP contribution in [-0.2, 0) is 17.6 Å². The number of fused-ring (bicyclic) bond motifs is 1. The zero-order valence-corrected chi connectivity index (χ0v) is 19.3. The summed E-state index contributed by atoms with van der Waals surface area (Å²) >= 11 is 7.78. The first-order valence-electron chi connectivity index (χ1n) is 10.7. The average molecular weight is 456 g/mol.